The Bertz CT molecular complexity index is 535. The molecule has 0 saturated carbocycles. The summed E-state index contributed by atoms with van der Waals surface area (Å²) >= 11 is 12.4. The van der Waals surface area contributed by atoms with E-state index in [1.165, 1.54) is 0 Å². The van der Waals surface area contributed by atoms with Crippen molar-refractivity contribution in [1.82, 2.24) is 20.4 Å². The first-order valence-corrected chi connectivity index (χ1v) is 6.73. The highest BCUT2D eigenvalue weighted by molar-refractivity contribution is 6.36. The minimum absolute atomic E-state index is 0.345. The molecule has 2 rings (SSSR count). The number of hydrogen-bond acceptors (Lipinski definition) is 4. The third-order valence-corrected chi connectivity index (χ3v) is 3.49. The van der Waals surface area contributed by atoms with Gasteiger partial charge in [0.2, 0.25) is 0 Å². The normalized spacial score (nSPS) is 12.6. The zero-order chi connectivity index (χ0) is 13.8. The van der Waals surface area contributed by atoms with Crippen LogP contribution in [0, 0.1) is 0 Å². The average Bonchev–Trinajstić information content (AvgIpc) is 2.83. The van der Waals surface area contributed by atoms with Gasteiger partial charge in [-0.3, -0.25) is 5.84 Å². The Kier molecular flexibility index (Phi) is 4.76. The van der Waals surface area contributed by atoms with Crippen LogP contribution in [-0.2, 0) is 6.54 Å². The Hall–Kier alpha value is -1.14. The van der Waals surface area contributed by atoms with Crippen LogP contribution >= 0.6 is 23.2 Å². The monoisotopic (exact) mass is 299 g/mol. The Morgan fingerprint density at radius 1 is 1.37 bits per heavy atom. The first-order chi connectivity index (χ1) is 9.19. The van der Waals surface area contributed by atoms with Gasteiger partial charge in [0, 0.05) is 22.2 Å². The van der Waals surface area contributed by atoms with E-state index < -0.39 is 0 Å². The summed E-state index contributed by atoms with van der Waals surface area (Å²) in [7, 11) is 0. The van der Waals surface area contributed by atoms with Crippen molar-refractivity contribution in [2.75, 3.05) is 0 Å². The molecule has 0 amide bonds. The summed E-state index contributed by atoms with van der Waals surface area (Å²) in [6, 6.07) is 5.01. The van der Waals surface area contributed by atoms with E-state index in [1.807, 2.05) is 0 Å². The van der Waals surface area contributed by atoms with Gasteiger partial charge >= 0.3 is 0 Å². The van der Waals surface area contributed by atoms with Crippen molar-refractivity contribution in [3.05, 3.63) is 45.7 Å². The molecule has 102 valence electrons. The first kappa shape index (κ1) is 14.3. The van der Waals surface area contributed by atoms with Gasteiger partial charge in [0.15, 0.2) is 0 Å². The van der Waals surface area contributed by atoms with Gasteiger partial charge in [0.05, 0.1) is 17.9 Å². The maximum absolute atomic E-state index is 6.22. The predicted molar refractivity (Wildman–Crippen MR) is 75.9 cm³/mol. The summed E-state index contributed by atoms with van der Waals surface area (Å²) in [6.45, 7) is 2.83. The lowest BCUT2D eigenvalue weighted by Crippen LogP contribution is -2.31. The number of rotatable bonds is 5. The number of nitrogens with one attached hydrogen (secondary N) is 1. The fraction of sp³-hybridized carbons (Fsp3) is 0.333. The van der Waals surface area contributed by atoms with Crippen molar-refractivity contribution < 1.29 is 0 Å². The van der Waals surface area contributed by atoms with Crippen LogP contribution < -0.4 is 11.3 Å². The fourth-order valence-corrected chi connectivity index (χ4v) is 2.59. The third-order valence-electron chi connectivity index (χ3n) is 2.83. The molecule has 0 aliphatic heterocycles. The van der Waals surface area contributed by atoms with Crippen molar-refractivity contribution >= 4 is 23.2 Å². The van der Waals surface area contributed by atoms with E-state index in [0.29, 0.717) is 10.0 Å². The smallest absolute Gasteiger partial charge is 0.0923 e. The molecule has 7 heteroatoms. The average molecular weight is 300 g/mol. The van der Waals surface area contributed by atoms with E-state index in [1.54, 1.807) is 29.1 Å². The summed E-state index contributed by atoms with van der Waals surface area (Å²) in [6.07, 6.45) is 2.61. The van der Waals surface area contributed by atoms with Crippen LogP contribution in [0.15, 0.2) is 24.4 Å². The molecule has 1 aromatic carbocycles. The number of benzene rings is 1. The molecule has 3 N–H and O–H groups in total. The van der Waals surface area contributed by atoms with E-state index in [-0.39, 0.29) is 6.04 Å². The number of halogens is 2. The minimum atomic E-state index is -0.345. The highest BCUT2D eigenvalue weighted by Crippen LogP contribution is 2.33. The van der Waals surface area contributed by atoms with Crippen LogP contribution in [0.5, 0.6) is 0 Å². The second-order valence-electron chi connectivity index (χ2n) is 4.12. The molecule has 1 unspecified atom stereocenters. The topological polar surface area (TPSA) is 68.8 Å². The number of aryl methyl sites for hydroxylation is 1. The van der Waals surface area contributed by atoms with Crippen LogP contribution in [0.1, 0.15) is 30.6 Å². The van der Waals surface area contributed by atoms with E-state index in [2.05, 4.69) is 22.7 Å². The molecule has 2 aromatic rings. The van der Waals surface area contributed by atoms with Gasteiger partial charge in [-0.1, -0.05) is 41.4 Å². The Morgan fingerprint density at radius 3 is 2.63 bits per heavy atom. The van der Waals surface area contributed by atoms with Crippen LogP contribution in [0.3, 0.4) is 0 Å². The molecule has 19 heavy (non-hydrogen) atoms. The van der Waals surface area contributed by atoms with Gasteiger partial charge in [-0.2, -0.15) is 0 Å². The lowest BCUT2D eigenvalue weighted by molar-refractivity contribution is 0.512. The second kappa shape index (κ2) is 6.34. The van der Waals surface area contributed by atoms with Gasteiger partial charge in [0.1, 0.15) is 0 Å². The van der Waals surface area contributed by atoms with Crippen LogP contribution in [0.2, 0.25) is 10.0 Å². The number of nitrogens with zero attached hydrogens (tertiary/aromatic N) is 3. The van der Waals surface area contributed by atoms with Crippen molar-refractivity contribution in [3.63, 3.8) is 0 Å². The summed E-state index contributed by atoms with van der Waals surface area (Å²) in [5.74, 6) is 5.66. The number of aromatic nitrogens is 3. The molecular formula is C12H15Cl2N5. The zero-order valence-electron chi connectivity index (χ0n) is 10.5. The van der Waals surface area contributed by atoms with Crippen molar-refractivity contribution in [1.29, 1.82) is 0 Å². The molecule has 0 fully saturated rings. The Balaban J connectivity index is 2.47. The van der Waals surface area contributed by atoms with Crippen molar-refractivity contribution in [3.8, 4) is 0 Å². The molecule has 1 heterocycles. The van der Waals surface area contributed by atoms with Gasteiger partial charge in [-0.25, -0.2) is 10.1 Å². The Morgan fingerprint density at radius 2 is 2.05 bits per heavy atom. The molecule has 1 aromatic heterocycles. The molecule has 0 bridgehead atoms. The fourth-order valence-electron chi connectivity index (χ4n) is 1.98. The highest BCUT2D eigenvalue weighted by Gasteiger charge is 2.22. The Labute approximate surface area is 121 Å². The van der Waals surface area contributed by atoms with Crippen LogP contribution in [0.4, 0.5) is 0 Å². The molecule has 0 aliphatic rings. The van der Waals surface area contributed by atoms with Crippen molar-refractivity contribution in [2.24, 2.45) is 5.84 Å². The van der Waals surface area contributed by atoms with E-state index >= 15 is 0 Å². The third kappa shape index (κ3) is 2.90. The summed E-state index contributed by atoms with van der Waals surface area (Å²) in [4.78, 5) is 0. The van der Waals surface area contributed by atoms with Gasteiger partial charge in [-0.05, 0) is 18.6 Å². The highest BCUT2D eigenvalue weighted by atomic mass is 35.5. The van der Waals surface area contributed by atoms with E-state index in [9.17, 15) is 0 Å². The zero-order valence-corrected chi connectivity index (χ0v) is 12.0. The van der Waals surface area contributed by atoms with E-state index in [0.717, 1.165) is 24.2 Å². The summed E-state index contributed by atoms with van der Waals surface area (Å²) in [5, 5.41) is 9.08. The van der Waals surface area contributed by atoms with Crippen LogP contribution in [0.25, 0.3) is 0 Å². The quantitative estimate of drug-likeness (QED) is 0.657. The summed E-state index contributed by atoms with van der Waals surface area (Å²) < 4.78 is 1.80. The second-order valence-corrected chi connectivity index (χ2v) is 4.93. The molecule has 1 atom stereocenters. The van der Waals surface area contributed by atoms with Gasteiger partial charge in [0.25, 0.3) is 0 Å². The lowest BCUT2D eigenvalue weighted by Gasteiger charge is -2.19. The van der Waals surface area contributed by atoms with Gasteiger partial charge < -0.3 is 0 Å². The maximum Gasteiger partial charge on any atom is 0.0923 e. The number of hydrazine groups is 1. The summed E-state index contributed by atoms with van der Waals surface area (Å²) in [5.41, 5.74) is 4.29. The lowest BCUT2D eigenvalue weighted by atomic mass is 10.0. The molecule has 0 radical (unpaired) electrons. The molecule has 0 spiro atoms. The molecule has 0 aliphatic carbocycles. The predicted octanol–water partition coefficient (Wildman–Crippen LogP) is 2.55. The maximum atomic E-state index is 6.22. The standard InChI is InChI=1S/C12H15Cl2N5/c1-2-6-19-10(7-16-18-19)12(17-15)11-8(13)4-3-5-9(11)14/h3-5,7,12,17H,2,6,15H2,1H3. The number of nitrogens with two attached hydrogens (primary N) is 1. The largest absolute Gasteiger partial charge is 0.271 e. The van der Waals surface area contributed by atoms with Crippen LogP contribution in [-0.4, -0.2) is 15.0 Å². The van der Waals surface area contributed by atoms with Crippen molar-refractivity contribution in [2.45, 2.75) is 25.9 Å². The van der Waals surface area contributed by atoms with Gasteiger partial charge in [-0.15, -0.1) is 5.10 Å². The van der Waals surface area contributed by atoms with E-state index in [4.69, 9.17) is 29.0 Å². The SMILES string of the molecule is CCCn1nncc1C(NN)c1c(Cl)cccc1Cl. The first-order valence-electron chi connectivity index (χ1n) is 5.97. The number of hydrogen-bond donors (Lipinski definition) is 2. The molecule has 5 nitrogen and oxygen atoms in total. The molecular weight excluding hydrogens is 285 g/mol. The minimum Gasteiger partial charge on any atom is -0.271 e. The molecule has 0 saturated heterocycles.